The van der Waals surface area contributed by atoms with Gasteiger partial charge in [0.2, 0.25) is 5.91 Å². The fourth-order valence-electron chi connectivity index (χ4n) is 3.70. The molecule has 1 saturated heterocycles. The highest BCUT2D eigenvalue weighted by Gasteiger charge is 2.22. The van der Waals surface area contributed by atoms with Crippen LogP contribution in [0.3, 0.4) is 0 Å². The van der Waals surface area contributed by atoms with Gasteiger partial charge in [-0.3, -0.25) is 9.69 Å². The molecule has 0 aliphatic carbocycles. The highest BCUT2D eigenvalue weighted by molar-refractivity contribution is 8.00. The Morgan fingerprint density at radius 3 is 2.65 bits per heavy atom. The van der Waals surface area contributed by atoms with E-state index in [9.17, 15) is 4.79 Å². The highest BCUT2D eigenvalue weighted by Crippen LogP contribution is 2.26. The summed E-state index contributed by atoms with van der Waals surface area (Å²) >= 11 is 3.24. The molecule has 4 heterocycles. The van der Waals surface area contributed by atoms with E-state index >= 15 is 0 Å². The lowest BCUT2D eigenvalue weighted by molar-refractivity contribution is -0.130. The van der Waals surface area contributed by atoms with Crippen LogP contribution in [-0.2, 0) is 11.3 Å². The summed E-state index contributed by atoms with van der Waals surface area (Å²) in [6.45, 7) is 4.34. The Hall–Kier alpha value is -2.75. The van der Waals surface area contributed by atoms with Gasteiger partial charge in [0, 0.05) is 37.6 Å². The fourth-order valence-corrected chi connectivity index (χ4v) is 5.31. The third-order valence-electron chi connectivity index (χ3n) is 5.35. The molecule has 0 bridgehead atoms. The molecule has 0 spiro atoms. The van der Waals surface area contributed by atoms with Crippen LogP contribution in [0.2, 0.25) is 0 Å². The molecule has 0 atom stereocenters. The van der Waals surface area contributed by atoms with Crippen LogP contribution in [0.15, 0.2) is 65.4 Å². The average molecular weight is 451 g/mol. The topological polar surface area (TPSA) is 67.2 Å². The molecular formula is C22H22N6OS2. The Balaban J connectivity index is 1.20. The lowest BCUT2D eigenvalue weighted by atomic mass is 10.3. The van der Waals surface area contributed by atoms with E-state index in [2.05, 4.69) is 37.5 Å². The molecule has 4 aromatic rings. The van der Waals surface area contributed by atoms with Gasteiger partial charge < -0.3 is 4.90 Å². The lowest BCUT2D eigenvalue weighted by Gasteiger charge is -2.34. The predicted octanol–water partition coefficient (Wildman–Crippen LogP) is 3.31. The first-order valence-electron chi connectivity index (χ1n) is 10.2. The number of thiophene rings is 1. The molecule has 0 saturated carbocycles. The molecule has 0 unspecified atom stereocenters. The van der Waals surface area contributed by atoms with Crippen molar-refractivity contribution in [3.05, 3.63) is 65.2 Å². The number of nitrogens with zero attached hydrogens (tertiary/aromatic N) is 6. The van der Waals surface area contributed by atoms with Gasteiger partial charge in [0.25, 0.3) is 0 Å². The van der Waals surface area contributed by atoms with E-state index in [-0.39, 0.29) is 5.91 Å². The Kier molecular flexibility index (Phi) is 5.97. The maximum Gasteiger partial charge on any atom is 0.233 e. The van der Waals surface area contributed by atoms with E-state index in [0.717, 1.165) is 54.5 Å². The second-order valence-corrected chi connectivity index (χ2v) is 9.33. The summed E-state index contributed by atoms with van der Waals surface area (Å²) < 4.78 is 1.80. The number of carbonyl (C=O) groups is 1. The molecule has 1 aliphatic heterocycles. The van der Waals surface area contributed by atoms with Gasteiger partial charge in [-0.25, -0.2) is 14.6 Å². The van der Waals surface area contributed by atoms with Gasteiger partial charge in [-0.15, -0.1) is 11.3 Å². The quantitative estimate of drug-likeness (QED) is 0.332. The smallest absolute Gasteiger partial charge is 0.233 e. The Labute approximate surface area is 188 Å². The zero-order valence-corrected chi connectivity index (χ0v) is 18.6. The lowest BCUT2D eigenvalue weighted by Crippen LogP contribution is -2.48. The number of hydrogen-bond donors (Lipinski definition) is 0. The van der Waals surface area contributed by atoms with Crippen molar-refractivity contribution in [1.29, 1.82) is 0 Å². The van der Waals surface area contributed by atoms with Crippen molar-refractivity contribution in [2.75, 3.05) is 31.9 Å². The highest BCUT2D eigenvalue weighted by atomic mass is 32.2. The number of amides is 1. The summed E-state index contributed by atoms with van der Waals surface area (Å²) in [4.78, 5) is 27.3. The largest absolute Gasteiger partial charge is 0.339 e. The number of thioether (sulfide) groups is 1. The van der Waals surface area contributed by atoms with Crippen LogP contribution in [-0.4, -0.2) is 67.4 Å². The number of hydrogen-bond acceptors (Lipinski definition) is 7. The standard InChI is InChI=1S/C22H22N6OS2/c29-20(27-10-8-26(9-11-27)14-18-7-4-12-30-18)15-31-22-19-13-25-28(21(19)23-16-24-22)17-5-2-1-3-6-17/h1-7,12-13,16H,8-11,14-15H2. The Morgan fingerprint density at radius 2 is 1.87 bits per heavy atom. The van der Waals surface area contributed by atoms with Crippen molar-refractivity contribution in [2.24, 2.45) is 0 Å². The molecule has 9 heteroatoms. The first kappa shape index (κ1) is 20.2. The van der Waals surface area contributed by atoms with E-state index in [4.69, 9.17) is 0 Å². The SMILES string of the molecule is O=C(CSc1ncnc2c1cnn2-c1ccccc1)N1CCN(Cc2cccs2)CC1. The molecule has 158 valence electrons. The van der Waals surface area contributed by atoms with Gasteiger partial charge >= 0.3 is 0 Å². The molecule has 31 heavy (non-hydrogen) atoms. The molecule has 1 aromatic carbocycles. The van der Waals surface area contributed by atoms with Gasteiger partial charge in [0.05, 0.1) is 23.0 Å². The van der Waals surface area contributed by atoms with Crippen LogP contribution >= 0.6 is 23.1 Å². The van der Waals surface area contributed by atoms with E-state index in [1.54, 1.807) is 28.5 Å². The third-order valence-corrected chi connectivity index (χ3v) is 7.20. The van der Waals surface area contributed by atoms with Gasteiger partial charge in [-0.1, -0.05) is 36.0 Å². The molecule has 1 amide bonds. The maximum absolute atomic E-state index is 12.8. The zero-order chi connectivity index (χ0) is 21.0. The van der Waals surface area contributed by atoms with Gasteiger partial charge in [0.15, 0.2) is 5.65 Å². The summed E-state index contributed by atoms with van der Waals surface area (Å²) in [5, 5.41) is 8.25. The number of benzene rings is 1. The van der Waals surface area contributed by atoms with Crippen LogP contribution in [0.25, 0.3) is 16.7 Å². The number of carbonyl (C=O) groups excluding carboxylic acids is 1. The average Bonchev–Trinajstić information content (AvgIpc) is 3.49. The molecule has 7 nitrogen and oxygen atoms in total. The van der Waals surface area contributed by atoms with E-state index in [1.807, 2.05) is 35.2 Å². The first-order chi connectivity index (χ1) is 15.3. The van der Waals surface area contributed by atoms with Crippen molar-refractivity contribution in [1.82, 2.24) is 29.5 Å². The second kappa shape index (κ2) is 9.17. The molecule has 0 N–H and O–H groups in total. The van der Waals surface area contributed by atoms with Crippen molar-refractivity contribution in [3.63, 3.8) is 0 Å². The minimum absolute atomic E-state index is 0.156. The molecule has 1 aliphatic rings. The molecular weight excluding hydrogens is 428 g/mol. The van der Waals surface area contributed by atoms with Crippen LogP contribution in [0, 0.1) is 0 Å². The summed E-state index contributed by atoms with van der Waals surface area (Å²) in [5.74, 6) is 0.524. The van der Waals surface area contributed by atoms with Crippen LogP contribution in [0.5, 0.6) is 0 Å². The van der Waals surface area contributed by atoms with Gasteiger partial charge in [-0.2, -0.15) is 5.10 Å². The first-order valence-corrected chi connectivity index (χ1v) is 12.0. The Morgan fingerprint density at radius 1 is 1.03 bits per heavy atom. The van der Waals surface area contributed by atoms with Crippen LogP contribution in [0.4, 0.5) is 0 Å². The molecule has 0 radical (unpaired) electrons. The normalized spacial score (nSPS) is 14.9. The maximum atomic E-state index is 12.8. The van der Waals surface area contributed by atoms with Crippen LogP contribution in [0.1, 0.15) is 4.88 Å². The number of rotatable bonds is 6. The van der Waals surface area contributed by atoms with Crippen molar-refractivity contribution in [2.45, 2.75) is 11.6 Å². The molecule has 3 aromatic heterocycles. The van der Waals surface area contributed by atoms with Gasteiger partial charge in [-0.05, 0) is 23.6 Å². The minimum atomic E-state index is 0.156. The summed E-state index contributed by atoms with van der Waals surface area (Å²) in [6, 6.07) is 14.1. The summed E-state index contributed by atoms with van der Waals surface area (Å²) in [6.07, 6.45) is 3.32. The van der Waals surface area contributed by atoms with E-state index in [0.29, 0.717) is 5.75 Å². The molecule has 1 fully saturated rings. The van der Waals surface area contributed by atoms with Crippen LogP contribution < -0.4 is 0 Å². The number of aromatic nitrogens is 4. The van der Waals surface area contributed by atoms with Crippen molar-refractivity contribution in [3.8, 4) is 5.69 Å². The number of fused-ring (bicyclic) bond motifs is 1. The van der Waals surface area contributed by atoms with E-state index < -0.39 is 0 Å². The van der Waals surface area contributed by atoms with Gasteiger partial charge in [0.1, 0.15) is 11.4 Å². The predicted molar refractivity (Wildman–Crippen MR) is 124 cm³/mol. The monoisotopic (exact) mass is 450 g/mol. The minimum Gasteiger partial charge on any atom is -0.339 e. The zero-order valence-electron chi connectivity index (χ0n) is 16.9. The fraction of sp³-hybridized carbons (Fsp3) is 0.273. The van der Waals surface area contributed by atoms with Crippen molar-refractivity contribution >= 4 is 40.0 Å². The molecule has 5 rings (SSSR count). The Bertz CT molecular complexity index is 1150. The number of para-hydroxylation sites is 1. The summed E-state index contributed by atoms with van der Waals surface area (Å²) in [5.41, 5.74) is 1.70. The van der Waals surface area contributed by atoms with Crippen molar-refractivity contribution < 1.29 is 4.79 Å². The summed E-state index contributed by atoms with van der Waals surface area (Å²) in [7, 11) is 0. The second-order valence-electron chi connectivity index (χ2n) is 7.33. The van der Waals surface area contributed by atoms with E-state index in [1.165, 1.54) is 16.6 Å². The third kappa shape index (κ3) is 4.48. The number of piperazine rings is 1.